The molecule has 1 unspecified atom stereocenters. The first-order chi connectivity index (χ1) is 9.58. The van der Waals surface area contributed by atoms with Crippen molar-refractivity contribution < 1.29 is 4.74 Å². The van der Waals surface area contributed by atoms with Gasteiger partial charge < -0.3 is 10.1 Å². The van der Waals surface area contributed by atoms with Crippen molar-refractivity contribution in [2.75, 3.05) is 14.2 Å². The van der Waals surface area contributed by atoms with Gasteiger partial charge >= 0.3 is 0 Å². The van der Waals surface area contributed by atoms with Crippen molar-refractivity contribution >= 4 is 0 Å². The van der Waals surface area contributed by atoms with Crippen LogP contribution in [-0.4, -0.2) is 19.1 Å². The quantitative estimate of drug-likeness (QED) is 0.925. The van der Waals surface area contributed by atoms with Crippen molar-refractivity contribution in [3.63, 3.8) is 0 Å². The van der Waals surface area contributed by atoms with Gasteiger partial charge in [-0.2, -0.15) is 0 Å². The molecule has 2 aromatic rings. The lowest BCUT2D eigenvalue weighted by Crippen LogP contribution is -2.20. The molecule has 0 aliphatic carbocycles. The molecule has 0 spiro atoms. The molecule has 106 valence electrons. The normalized spacial score (nSPS) is 12.2. The summed E-state index contributed by atoms with van der Waals surface area (Å²) in [7, 11) is 3.67. The number of hydrogen-bond donors (Lipinski definition) is 1. The molecular weight excluding hydrogens is 248 g/mol. The van der Waals surface area contributed by atoms with Crippen molar-refractivity contribution in [3.8, 4) is 5.75 Å². The second-order valence-electron chi connectivity index (χ2n) is 5.06. The maximum absolute atomic E-state index is 5.62. The highest BCUT2D eigenvalue weighted by Crippen LogP contribution is 2.33. The maximum Gasteiger partial charge on any atom is 0.127 e. The summed E-state index contributed by atoms with van der Waals surface area (Å²) < 4.78 is 5.62. The van der Waals surface area contributed by atoms with E-state index in [9.17, 15) is 0 Å². The third-order valence-corrected chi connectivity index (χ3v) is 3.72. The molecule has 0 bridgehead atoms. The van der Waals surface area contributed by atoms with Gasteiger partial charge in [0.05, 0.1) is 18.8 Å². The summed E-state index contributed by atoms with van der Waals surface area (Å²) in [5.41, 5.74) is 5.56. The first kappa shape index (κ1) is 14.5. The van der Waals surface area contributed by atoms with Gasteiger partial charge in [0.2, 0.25) is 0 Å². The Balaban J connectivity index is 2.55. The second kappa shape index (κ2) is 6.06. The number of benzene rings is 1. The van der Waals surface area contributed by atoms with Crippen molar-refractivity contribution in [2.45, 2.75) is 26.8 Å². The molecule has 0 fully saturated rings. The van der Waals surface area contributed by atoms with Gasteiger partial charge in [0.1, 0.15) is 5.75 Å². The van der Waals surface area contributed by atoms with Crippen LogP contribution < -0.4 is 10.1 Å². The molecule has 0 saturated carbocycles. The summed E-state index contributed by atoms with van der Waals surface area (Å²) in [5, 5.41) is 3.34. The van der Waals surface area contributed by atoms with Crippen molar-refractivity contribution in [1.29, 1.82) is 0 Å². The van der Waals surface area contributed by atoms with Gasteiger partial charge in [-0.25, -0.2) is 0 Å². The standard InChI is InChI=1S/C17H22N2O/c1-11-9-10-14(17(20-5)13(11)3)16(18-4)15-8-6-7-12(2)19-15/h6-10,16,18H,1-5H3. The minimum Gasteiger partial charge on any atom is -0.496 e. The smallest absolute Gasteiger partial charge is 0.127 e. The van der Waals surface area contributed by atoms with Crippen molar-refractivity contribution in [3.05, 3.63) is 58.4 Å². The summed E-state index contributed by atoms with van der Waals surface area (Å²) in [6, 6.07) is 10.4. The van der Waals surface area contributed by atoms with Gasteiger partial charge in [0, 0.05) is 11.3 Å². The van der Waals surface area contributed by atoms with Crippen LogP contribution in [0.3, 0.4) is 0 Å². The molecule has 1 aromatic heterocycles. The van der Waals surface area contributed by atoms with E-state index in [4.69, 9.17) is 4.74 Å². The predicted molar refractivity (Wildman–Crippen MR) is 82.3 cm³/mol. The van der Waals surface area contributed by atoms with E-state index < -0.39 is 0 Å². The number of nitrogens with one attached hydrogen (secondary N) is 1. The minimum absolute atomic E-state index is 0.0316. The zero-order chi connectivity index (χ0) is 14.7. The average Bonchev–Trinajstić information content (AvgIpc) is 2.44. The van der Waals surface area contributed by atoms with E-state index in [0.717, 1.165) is 22.7 Å². The fourth-order valence-corrected chi connectivity index (χ4v) is 2.50. The Morgan fingerprint density at radius 1 is 1.10 bits per heavy atom. The van der Waals surface area contributed by atoms with Gasteiger partial charge in [0.15, 0.2) is 0 Å². The first-order valence-corrected chi connectivity index (χ1v) is 6.83. The zero-order valence-corrected chi connectivity index (χ0v) is 12.8. The molecule has 0 amide bonds. The molecule has 1 N–H and O–H groups in total. The predicted octanol–water partition coefficient (Wildman–Crippen LogP) is 3.32. The maximum atomic E-state index is 5.62. The molecule has 0 radical (unpaired) electrons. The number of ether oxygens (including phenoxy) is 1. The van der Waals surface area contributed by atoms with Crippen LogP contribution in [0.1, 0.15) is 34.1 Å². The fraction of sp³-hybridized carbons (Fsp3) is 0.353. The van der Waals surface area contributed by atoms with Crippen LogP contribution in [-0.2, 0) is 0 Å². The second-order valence-corrected chi connectivity index (χ2v) is 5.06. The Labute approximate surface area is 121 Å². The van der Waals surface area contributed by atoms with E-state index in [0.29, 0.717) is 0 Å². The molecule has 1 heterocycles. The van der Waals surface area contributed by atoms with E-state index in [-0.39, 0.29) is 6.04 Å². The number of methoxy groups -OCH3 is 1. The van der Waals surface area contributed by atoms with E-state index >= 15 is 0 Å². The molecule has 2 rings (SSSR count). The largest absolute Gasteiger partial charge is 0.496 e. The molecule has 0 aliphatic rings. The lowest BCUT2D eigenvalue weighted by molar-refractivity contribution is 0.401. The van der Waals surface area contributed by atoms with Gasteiger partial charge in [-0.1, -0.05) is 18.2 Å². The number of nitrogens with zero attached hydrogens (tertiary/aromatic N) is 1. The summed E-state index contributed by atoms with van der Waals surface area (Å²) >= 11 is 0. The van der Waals surface area contributed by atoms with Crippen molar-refractivity contribution in [1.82, 2.24) is 10.3 Å². The number of rotatable bonds is 4. The molecule has 0 aliphatic heterocycles. The molecule has 1 aromatic carbocycles. The van der Waals surface area contributed by atoms with Crippen LogP contribution in [0.4, 0.5) is 0 Å². The molecule has 20 heavy (non-hydrogen) atoms. The summed E-state index contributed by atoms with van der Waals surface area (Å²) in [6.07, 6.45) is 0. The third kappa shape index (κ3) is 2.68. The number of pyridine rings is 1. The Hall–Kier alpha value is -1.87. The van der Waals surface area contributed by atoms with Gasteiger partial charge in [-0.05, 0) is 51.1 Å². The van der Waals surface area contributed by atoms with Gasteiger partial charge in [0.25, 0.3) is 0 Å². The molecule has 3 nitrogen and oxygen atoms in total. The monoisotopic (exact) mass is 270 g/mol. The van der Waals surface area contributed by atoms with Gasteiger partial charge in [-0.15, -0.1) is 0 Å². The van der Waals surface area contributed by atoms with E-state index in [1.165, 1.54) is 11.1 Å². The lowest BCUT2D eigenvalue weighted by atomic mass is 9.97. The Morgan fingerprint density at radius 3 is 2.45 bits per heavy atom. The Kier molecular flexibility index (Phi) is 4.40. The van der Waals surface area contributed by atoms with Crippen LogP contribution in [0.25, 0.3) is 0 Å². The fourth-order valence-electron chi connectivity index (χ4n) is 2.50. The number of aromatic nitrogens is 1. The van der Waals surface area contributed by atoms with Crippen LogP contribution >= 0.6 is 0 Å². The van der Waals surface area contributed by atoms with E-state index in [1.54, 1.807) is 7.11 Å². The number of aryl methyl sites for hydroxylation is 2. The molecule has 1 atom stereocenters. The topological polar surface area (TPSA) is 34.2 Å². The van der Waals surface area contributed by atoms with Crippen molar-refractivity contribution in [2.24, 2.45) is 0 Å². The minimum atomic E-state index is 0.0316. The molecule has 0 saturated heterocycles. The number of hydrogen-bond acceptors (Lipinski definition) is 3. The van der Waals surface area contributed by atoms with E-state index in [2.05, 4.69) is 36.3 Å². The van der Waals surface area contributed by atoms with E-state index in [1.807, 2.05) is 32.2 Å². The first-order valence-electron chi connectivity index (χ1n) is 6.83. The Morgan fingerprint density at radius 2 is 1.85 bits per heavy atom. The lowest BCUT2D eigenvalue weighted by Gasteiger charge is -2.21. The average molecular weight is 270 g/mol. The molecular formula is C17H22N2O. The highest BCUT2D eigenvalue weighted by molar-refractivity contribution is 5.48. The van der Waals surface area contributed by atoms with Crippen LogP contribution in [0.5, 0.6) is 5.75 Å². The highest BCUT2D eigenvalue weighted by Gasteiger charge is 2.19. The summed E-state index contributed by atoms with van der Waals surface area (Å²) in [4.78, 5) is 4.63. The third-order valence-electron chi connectivity index (χ3n) is 3.72. The zero-order valence-electron chi connectivity index (χ0n) is 12.8. The van der Waals surface area contributed by atoms with Crippen LogP contribution in [0.15, 0.2) is 30.3 Å². The SMILES string of the molecule is CNC(c1cccc(C)n1)c1ccc(C)c(C)c1OC. The van der Waals surface area contributed by atoms with Gasteiger partial charge in [-0.3, -0.25) is 4.98 Å². The van der Waals surface area contributed by atoms with Crippen LogP contribution in [0, 0.1) is 20.8 Å². The summed E-state index contributed by atoms with van der Waals surface area (Å²) in [6.45, 7) is 6.20. The summed E-state index contributed by atoms with van der Waals surface area (Å²) in [5.74, 6) is 0.938. The molecule has 3 heteroatoms. The van der Waals surface area contributed by atoms with Crippen LogP contribution in [0.2, 0.25) is 0 Å². The Bertz CT molecular complexity index is 608. The highest BCUT2D eigenvalue weighted by atomic mass is 16.5.